The molecular formula is C25H33N3O4. The SMILES string of the molecule is NCCCCCC(=O)NC[C@@H]1C[C@@H](CC(=O)O)C(=O)N1CCc1ccc2ccccc2c1. The van der Waals surface area contributed by atoms with Crippen LogP contribution >= 0.6 is 0 Å². The van der Waals surface area contributed by atoms with Crippen molar-refractivity contribution in [1.29, 1.82) is 0 Å². The Morgan fingerprint density at radius 3 is 2.62 bits per heavy atom. The van der Waals surface area contributed by atoms with Gasteiger partial charge in [-0.05, 0) is 48.6 Å². The molecule has 1 aliphatic rings. The van der Waals surface area contributed by atoms with Gasteiger partial charge in [-0.15, -0.1) is 0 Å². The number of hydrogen-bond acceptors (Lipinski definition) is 4. The first-order chi connectivity index (χ1) is 15.5. The molecule has 0 bridgehead atoms. The zero-order chi connectivity index (χ0) is 22.9. The van der Waals surface area contributed by atoms with E-state index in [9.17, 15) is 19.5 Å². The summed E-state index contributed by atoms with van der Waals surface area (Å²) >= 11 is 0. The van der Waals surface area contributed by atoms with Crippen molar-refractivity contribution in [3.63, 3.8) is 0 Å². The van der Waals surface area contributed by atoms with E-state index >= 15 is 0 Å². The van der Waals surface area contributed by atoms with Gasteiger partial charge in [-0.2, -0.15) is 0 Å². The van der Waals surface area contributed by atoms with Crippen LogP contribution in [0.25, 0.3) is 10.8 Å². The second-order valence-electron chi connectivity index (χ2n) is 8.55. The minimum atomic E-state index is -0.970. The van der Waals surface area contributed by atoms with E-state index in [0.717, 1.165) is 30.2 Å². The molecule has 32 heavy (non-hydrogen) atoms. The number of nitrogens with zero attached hydrogens (tertiary/aromatic N) is 1. The molecule has 2 atom stereocenters. The Kier molecular flexibility index (Phi) is 8.62. The smallest absolute Gasteiger partial charge is 0.304 e. The van der Waals surface area contributed by atoms with E-state index < -0.39 is 11.9 Å². The summed E-state index contributed by atoms with van der Waals surface area (Å²) in [6.07, 6.45) is 4.02. The second kappa shape index (κ2) is 11.6. The van der Waals surface area contributed by atoms with E-state index in [1.807, 2.05) is 12.1 Å². The van der Waals surface area contributed by atoms with Crippen LogP contribution in [0.2, 0.25) is 0 Å². The molecule has 3 rings (SSSR count). The topological polar surface area (TPSA) is 113 Å². The third-order valence-electron chi connectivity index (χ3n) is 6.15. The van der Waals surface area contributed by atoms with Crippen LogP contribution in [0, 0.1) is 5.92 Å². The van der Waals surface area contributed by atoms with E-state index in [1.54, 1.807) is 4.90 Å². The summed E-state index contributed by atoms with van der Waals surface area (Å²) in [5.41, 5.74) is 6.61. The third-order valence-corrected chi connectivity index (χ3v) is 6.15. The molecule has 0 radical (unpaired) electrons. The lowest BCUT2D eigenvalue weighted by molar-refractivity contribution is -0.142. The Hall–Kier alpha value is -2.93. The normalized spacial score (nSPS) is 18.3. The van der Waals surface area contributed by atoms with Crippen molar-refractivity contribution in [2.24, 2.45) is 11.7 Å². The molecule has 4 N–H and O–H groups in total. The minimum absolute atomic E-state index is 0.0364. The molecule has 0 spiro atoms. The number of rotatable bonds is 12. The van der Waals surface area contributed by atoms with Crippen LogP contribution < -0.4 is 11.1 Å². The molecule has 1 fully saturated rings. The highest BCUT2D eigenvalue weighted by atomic mass is 16.4. The predicted octanol–water partition coefficient (Wildman–Crippen LogP) is 2.71. The fourth-order valence-corrected chi connectivity index (χ4v) is 4.41. The molecule has 1 aliphatic heterocycles. The average Bonchev–Trinajstić information content (AvgIpc) is 3.07. The first-order valence-corrected chi connectivity index (χ1v) is 11.4. The predicted molar refractivity (Wildman–Crippen MR) is 124 cm³/mol. The molecule has 1 saturated heterocycles. The quantitative estimate of drug-likeness (QED) is 0.440. The monoisotopic (exact) mass is 439 g/mol. The number of nitrogens with one attached hydrogen (secondary N) is 1. The highest BCUT2D eigenvalue weighted by molar-refractivity contribution is 5.86. The van der Waals surface area contributed by atoms with Crippen molar-refractivity contribution in [1.82, 2.24) is 10.2 Å². The van der Waals surface area contributed by atoms with Crippen LogP contribution in [0.3, 0.4) is 0 Å². The Balaban J connectivity index is 1.60. The molecule has 2 aromatic carbocycles. The van der Waals surface area contributed by atoms with Crippen molar-refractivity contribution >= 4 is 28.6 Å². The summed E-state index contributed by atoms with van der Waals surface area (Å²) in [4.78, 5) is 38.1. The number of aliphatic carboxylic acids is 1. The summed E-state index contributed by atoms with van der Waals surface area (Å²) in [7, 11) is 0. The van der Waals surface area contributed by atoms with Crippen LogP contribution in [-0.2, 0) is 20.8 Å². The molecule has 0 aromatic heterocycles. The number of carbonyl (C=O) groups is 3. The fourth-order valence-electron chi connectivity index (χ4n) is 4.41. The van der Waals surface area contributed by atoms with Gasteiger partial charge in [-0.3, -0.25) is 14.4 Å². The first kappa shape index (κ1) is 23.7. The molecule has 172 valence electrons. The number of likely N-dealkylation sites (tertiary alicyclic amines) is 1. The van der Waals surface area contributed by atoms with Gasteiger partial charge in [0.2, 0.25) is 11.8 Å². The number of amides is 2. The largest absolute Gasteiger partial charge is 0.481 e. The van der Waals surface area contributed by atoms with Crippen molar-refractivity contribution in [3.05, 3.63) is 48.0 Å². The van der Waals surface area contributed by atoms with Gasteiger partial charge in [-0.1, -0.05) is 48.9 Å². The van der Waals surface area contributed by atoms with Crippen LogP contribution in [0.5, 0.6) is 0 Å². The molecule has 0 saturated carbocycles. The molecule has 1 heterocycles. The lowest BCUT2D eigenvalue weighted by Crippen LogP contribution is -2.42. The van der Waals surface area contributed by atoms with Gasteiger partial charge in [-0.25, -0.2) is 0 Å². The third kappa shape index (κ3) is 6.53. The summed E-state index contributed by atoms with van der Waals surface area (Å²) < 4.78 is 0. The van der Waals surface area contributed by atoms with Crippen molar-refractivity contribution < 1.29 is 19.5 Å². The number of benzene rings is 2. The van der Waals surface area contributed by atoms with Crippen molar-refractivity contribution in [3.8, 4) is 0 Å². The second-order valence-corrected chi connectivity index (χ2v) is 8.55. The summed E-state index contributed by atoms with van der Waals surface area (Å²) in [5, 5.41) is 14.4. The summed E-state index contributed by atoms with van der Waals surface area (Å²) in [6, 6.07) is 14.2. The number of carbonyl (C=O) groups excluding carboxylic acids is 2. The average molecular weight is 440 g/mol. The summed E-state index contributed by atoms with van der Waals surface area (Å²) in [5.74, 6) is -1.67. The van der Waals surface area contributed by atoms with Crippen LogP contribution in [0.1, 0.15) is 44.1 Å². The Bertz CT molecular complexity index is 946. The van der Waals surface area contributed by atoms with Gasteiger partial charge in [0.15, 0.2) is 0 Å². The number of unbranched alkanes of at least 4 members (excludes halogenated alkanes) is 2. The van der Waals surface area contributed by atoms with Crippen LogP contribution in [0.15, 0.2) is 42.5 Å². The van der Waals surface area contributed by atoms with Gasteiger partial charge in [0.05, 0.1) is 12.3 Å². The standard InChI is InChI=1S/C25H33N3O4/c26-12-5-1-2-8-23(29)27-17-22-15-21(16-24(30)31)25(32)28(22)13-11-18-9-10-19-6-3-4-7-20(19)14-18/h3-4,6-7,9-10,14,21-22H,1-2,5,8,11-13,15-17,26H2,(H,27,29)(H,30,31)/t21-,22-/m0/s1. The number of fused-ring (bicyclic) bond motifs is 1. The summed E-state index contributed by atoms with van der Waals surface area (Å²) in [6.45, 7) is 1.49. The molecule has 7 nitrogen and oxygen atoms in total. The maximum Gasteiger partial charge on any atom is 0.304 e. The Morgan fingerprint density at radius 2 is 1.88 bits per heavy atom. The van der Waals surface area contributed by atoms with Gasteiger partial charge < -0.3 is 21.1 Å². The number of carboxylic acid groups (broad SMARTS) is 1. The molecule has 0 aliphatic carbocycles. The highest BCUT2D eigenvalue weighted by Crippen LogP contribution is 2.28. The van der Waals surface area contributed by atoms with Gasteiger partial charge in [0.25, 0.3) is 0 Å². The first-order valence-electron chi connectivity index (χ1n) is 11.4. The number of nitrogens with two attached hydrogens (primary N) is 1. The van der Waals surface area contributed by atoms with Crippen LogP contribution in [-0.4, -0.2) is 53.5 Å². The molecular weight excluding hydrogens is 406 g/mol. The number of carboxylic acids is 1. The van der Waals surface area contributed by atoms with E-state index in [1.165, 1.54) is 5.39 Å². The molecule has 2 aromatic rings. The van der Waals surface area contributed by atoms with Gasteiger partial charge in [0, 0.05) is 25.6 Å². The molecule has 2 amide bonds. The molecule has 0 unspecified atom stereocenters. The van der Waals surface area contributed by atoms with E-state index in [-0.39, 0.29) is 24.3 Å². The minimum Gasteiger partial charge on any atom is -0.481 e. The fraction of sp³-hybridized carbons (Fsp3) is 0.480. The molecule has 7 heteroatoms. The lowest BCUT2D eigenvalue weighted by atomic mass is 10.0. The maximum atomic E-state index is 12.9. The Morgan fingerprint density at radius 1 is 1.09 bits per heavy atom. The van der Waals surface area contributed by atoms with Gasteiger partial charge in [0.1, 0.15) is 0 Å². The maximum absolute atomic E-state index is 12.9. The van der Waals surface area contributed by atoms with Crippen LogP contribution in [0.4, 0.5) is 0 Å². The Labute approximate surface area is 189 Å². The highest BCUT2D eigenvalue weighted by Gasteiger charge is 2.40. The van der Waals surface area contributed by atoms with E-state index in [2.05, 4.69) is 35.6 Å². The number of hydrogen-bond donors (Lipinski definition) is 3. The lowest BCUT2D eigenvalue weighted by Gasteiger charge is -2.25. The zero-order valence-corrected chi connectivity index (χ0v) is 18.5. The van der Waals surface area contributed by atoms with E-state index in [0.29, 0.717) is 38.9 Å². The zero-order valence-electron chi connectivity index (χ0n) is 18.5. The van der Waals surface area contributed by atoms with Crippen molar-refractivity contribution in [2.75, 3.05) is 19.6 Å². The van der Waals surface area contributed by atoms with E-state index in [4.69, 9.17) is 5.73 Å². The van der Waals surface area contributed by atoms with Crippen molar-refractivity contribution in [2.45, 2.75) is 51.0 Å². The van der Waals surface area contributed by atoms with Gasteiger partial charge >= 0.3 is 5.97 Å².